The lowest BCUT2D eigenvalue weighted by atomic mass is 9.94. The first-order valence-electron chi connectivity index (χ1n) is 14.5. The Kier molecular flexibility index (Phi) is 10.8. The third-order valence-corrected chi connectivity index (χ3v) is 10.0. The summed E-state index contributed by atoms with van der Waals surface area (Å²) < 4.78 is 20.4. The molecule has 5 rings (SSSR count). The van der Waals surface area contributed by atoms with Crippen LogP contribution in [-0.2, 0) is 11.4 Å². The fraction of sp³-hybridized carbons (Fsp3) is 0.265. The Balaban J connectivity index is 1.60. The molecular weight excluding hydrogens is 760 g/mol. The molecule has 0 saturated carbocycles. The molecule has 0 bridgehead atoms. The number of methoxy groups -OCH3 is 2. The van der Waals surface area contributed by atoms with Crippen molar-refractivity contribution in [3.63, 3.8) is 0 Å². The highest BCUT2D eigenvalue weighted by Crippen LogP contribution is 2.37. The number of carbonyl (C=O) groups excluding carboxylic acids is 1. The molecule has 0 radical (unpaired) electrons. The Morgan fingerprint density at radius 1 is 1.07 bits per heavy atom. The van der Waals surface area contributed by atoms with Crippen LogP contribution < -0.4 is 29.1 Å². The van der Waals surface area contributed by atoms with Crippen LogP contribution in [0.2, 0.25) is 10.0 Å². The molecule has 0 spiro atoms. The van der Waals surface area contributed by atoms with Crippen molar-refractivity contribution in [2.24, 2.45) is 4.99 Å². The molecule has 46 heavy (non-hydrogen) atoms. The molecule has 0 fully saturated rings. The number of hydrogen-bond acceptors (Lipinski definition) is 7. The lowest BCUT2D eigenvalue weighted by Gasteiger charge is -2.29. The standard InChI is InChI=1S/C34H32Cl2IN3O5S/c1-6-39(7-2)33(42)29-19(3)38-34-40(30(29)23-10-8-9-11-26(23)43-4)32(41)28(46-34)16-20-14-25(37)31(27(15-20)44-5)45-18-21-12-13-22(35)17-24(21)36/h8-17,30H,6-7,18H2,1-5H3/b28-16+/t30-/m1/s1. The number of thiazole rings is 1. The summed E-state index contributed by atoms with van der Waals surface area (Å²) in [6.45, 7) is 6.97. The lowest BCUT2D eigenvalue weighted by Crippen LogP contribution is -2.43. The first-order chi connectivity index (χ1) is 22.1. The second-order valence-corrected chi connectivity index (χ2v) is 13.4. The van der Waals surface area contributed by atoms with Crippen LogP contribution in [0.15, 0.2) is 75.7 Å². The summed E-state index contributed by atoms with van der Waals surface area (Å²) in [6, 6.07) is 15.7. The molecular formula is C34H32Cl2IN3O5S. The molecule has 1 aliphatic heterocycles. The van der Waals surface area contributed by atoms with E-state index in [2.05, 4.69) is 22.6 Å². The topological polar surface area (TPSA) is 82.4 Å². The third kappa shape index (κ3) is 6.71. The molecule has 3 aromatic carbocycles. The van der Waals surface area contributed by atoms with E-state index in [-0.39, 0.29) is 18.1 Å². The molecule has 1 aliphatic rings. The second-order valence-electron chi connectivity index (χ2n) is 10.4. The Bertz CT molecular complexity index is 2020. The van der Waals surface area contributed by atoms with E-state index in [1.165, 1.54) is 11.3 Å². The second kappa shape index (κ2) is 14.6. The van der Waals surface area contributed by atoms with Crippen molar-refractivity contribution >= 4 is 69.1 Å². The summed E-state index contributed by atoms with van der Waals surface area (Å²) in [7, 11) is 3.15. The predicted octanol–water partition coefficient (Wildman–Crippen LogP) is 6.61. The van der Waals surface area contributed by atoms with Gasteiger partial charge in [0.1, 0.15) is 18.4 Å². The molecule has 0 unspecified atom stereocenters. The Labute approximate surface area is 294 Å². The van der Waals surface area contributed by atoms with Crippen molar-refractivity contribution in [1.29, 1.82) is 0 Å². The first-order valence-corrected chi connectivity index (χ1v) is 17.2. The van der Waals surface area contributed by atoms with Crippen LogP contribution in [0.1, 0.15) is 43.5 Å². The van der Waals surface area contributed by atoms with Crippen LogP contribution in [-0.4, -0.2) is 42.7 Å². The number of hydrogen-bond donors (Lipinski definition) is 0. The molecule has 8 nitrogen and oxygen atoms in total. The van der Waals surface area contributed by atoms with E-state index < -0.39 is 6.04 Å². The van der Waals surface area contributed by atoms with E-state index in [0.717, 1.165) is 14.7 Å². The minimum Gasteiger partial charge on any atom is -0.496 e. The van der Waals surface area contributed by atoms with Crippen LogP contribution in [0.3, 0.4) is 0 Å². The number of likely N-dealkylation sites (N-methyl/N-ethyl adjacent to an activating group) is 1. The zero-order chi connectivity index (χ0) is 33.1. The minimum absolute atomic E-state index is 0.161. The molecule has 12 heteroatoms. The van der Waals surface area contributed by atoms with Crippen molar-refractivity contribution < 1.29 is 19.0 Å². The highest BCUT2D eigenvalue weighted by molar-refractivity contribution is 14.1. The van der Waals surface area contributed by atoms with Gasteiger partial charge in [-0.2, -0.15) is 0 Å². The largest absolute Gasteiger partial charge is 0.496 e. The monoisotopic (exact) mass is 791 g/mol. The van der Waals surface area contributed by atoms with Crippen molar-refractivity contribution in [3.8, 4) is 17.2 Å². The van der Waals surface area contributed by atoms with Gasteiger partial charge in [0.15, 0.2) is 16.3 Å². The smallest absolute Gasteiger partial charge is 0.271 e. The van der Waals surface area contributed by atoms with Gasteiger partial charge >= 0.3 is 0 Å². The molecule has 0 saturated heterocycles. The Hall–Kier alpha value is -3.32. The number of benzene rings is 3. The number of nitrogens with zero attached hydrogens (tertiary/aromatic N) is 3. The van der Waals surface area contributed by atoms with Crippen molar-refractivity contribution in [3.05, 3.63) is 116 Å². The number of halogens is 3. The average Bonchev–Trinajstić information content (AvgIpc) is 3.34. The summed E-state index contributed by atoms with van der Waals surface area (Å²) in [4.78, 5) is 35.1. The Morgan fingerprint density at radius 2 is 1.78 bits per heavy atom. The van der Waals surface area contributed by atoms with Gasteiger partial charge in [0.05, 0.1) is 33.6 Å². The number of rotatable bonds is 10. The summed E-state index contributed by atoms with van der Waals surface area (Å²) in [6.07, 6.45) is 1.80. The van der Waals surface area contributed by atoms with Gasteiger partial charge in [0, 0.05) is 34.3 Å². The molecule has 1 aromatic heterocycles. The maximum atomic E-state index is 14.2. The SMILES string of the molecule is CCN(CC)C(=O)C1=C(C)N=c2s/c(=C/c3cc(I)c(OCc4ccc(Cl)cc4Cl)c(OC)c3)c(=O)n2[C@@H]1c1ccccc1OC. The highest BCUT2D eigenvalue weighted by atomic mass is 127. The fourth-order valence-corrected chi connectivity index (χ4v) is 7.66. The normalized spacial score (nSPS) is 14.5. The van der Waals surface area contributed by atoms with Crippen LogP contribution in [0.4, 0.5) is 0 Å². The van der Waals surface area contributed by atoms with Crippen molar-refractivity contribution in [1.82, 2.24) is 9.47 Å². The average molecular weight is 793 g/mol. The minimum atomic E-state index is -0.715. The number of amides is 1. The van der Waals surface area contributed by atoms with Gasteiger partial charge in [-0.25, -0.2) is 4.99 Å². The number of aromatic nitrogens is 1. The van der Waals surface area contributed by atoms with E-state index in [4.69, 9.17) is 42.4 Å². The summed E-state index contributed by atoms with van der Waals surface area (Å²) in [5, 5.41) is 1.06. The van der Waals surface area contributed by atoms with Crippen LogP contribution >= 0.6 is 57.1 Å². The van der Waals surface area contributed by atoms with Gasteiger partial charge in [0.2, 0.25) is 0 Å². The summed E-state index contributed by atoms with van der Waals surface area (Å²) in [5.74, 6) is 1.48. The molecule has 0 aliphatic carbocycles. The molecule has 4 aromatic rings. The van der Waals surface area contributed by atoms with Crippen molar-refractivity contribution in [2.45, 2.75) is 33.4 Å². The summed E-state index contributed by atoms with van der Waals surface area (Å²) >= 11 is 15.8. The molecule has 1 amide bonds. The zero-order valence-corrected chi connectivity index (χ0v) is 30.4. The van der Waals surface area contributed by atoms with Gasteiger partial charge in [-0.05, 0) is 85.3 Å². The number of ether oxygens (including phenoxy) is 3. The number of carbonyl (C=O) groups is 1. The zero-order valence-electron chi connectivity index (χ0n) is 25.9. The van der Waals surface area contributed by atoms with Gasteiger partial charge in [-0.15, -0.1) is 0 Å². The first kappa shape index (κ1) is 34.0. The lowest BCUT2D eigenvalue weighted by molar-refractivity contribution is -0.127. The Morgan fingerprint density at radius 3 is 2.46 bits per heavy atom. The van der Waals surface area contributed by atoms with Gasteiger partial charge < -0.3 is 19.1 Å². The maximum absolute atomic E-state index is 14.2. The maximum Gasteiger partial charge on any atom is 0.271 e. The van der Waals surface area contributed by atoms with Gasteiger partial charge in [-0.1, -0.05) is 58.8 Å². The van der Waals surface area contributed by atoms with Gasteiger partial charge in [0.25, 0.3) is 11.5 Å². The number of para-hydroxylation sites is 1. The van der Waals surface area contributed by atoms with Crippen LogP contribution in [0.5, 0.6) is 17.2 Å². The van der Waals surface area contributed by atoms with Crippen LogP contribution in [0.25, 0.3) is 6.08 Å². The molecule has 2 heterocycles. The third-order valence-electron chi connectivity index (χ3n) is 7.67. The number of fused-ring (bicyclic) bond motifs is 1. The molecule has 1 atom stereocenters. The van der Waals surface area contributed by atoms with E-state index in [0.29, 0.717) is 66.6 Å². The highest BCUT2D eigenvalue weighted by Gasteiger charge is 2.35. The summed E-state index contributed by atoms with van der Waals surface area (Å²) in [5.41, 5.74) is 3.00. The quantitative estimate of drug-likeness (QED) is 0.169. The van der Waals surface area contributed by atoms with E-state index >= 15 is 0 Å². The fourth-order valence-electron chi connectivity index (χ4n) is 5.37. The predicted molar refractivity (Wildman–Crippen MR) is 191 cm³/mol. The molecule has 240 valence electrons. The molecule has 0 N–H and O–H groups in total. The van der Waals surface area contributed by atoms with E-state index in [9.17, 15) is 9.59 Å². The van der Waals surface area contributed by atoms with Crippen LogP contribution in [0, 0.1) is 3.57 Å². The van der Waals surface area contributed by atoms with Gasteiger partial charge in [-0.3, -0.25) is 14.2 Å². The van der Waals surface area contributed by atoms with E-state index in [1.807, 2.05) is 63.2 Å². The van der Waals surface area contributed by atoms with Crippen molar-refractivity contribution in [2.75, 3.05) is 27.3 Å². The van der Waals surface area contributed by atoms with E-state index in [1.54, 1.807) is 41.9 Å². The number of allylic oxidation sites excluding steroid dienone is 1.